The molecule has 5 rings (SSSR count). The highest BCUT2D eigenvalue weighted by atomic mass is 79.9. The molecule has 35 heavy (non-hydrogen) atoms. The van der Waals surface area contributed by atoms with E-state index in [9.17, 15) is 4.79 Å². The first-order valence-corrected chi connectivity index (χ1v) is 13.8. The summed E-state index contributed by atoms with van der Waals surface area (Å²) in [4.78, 5) is 25.0. The molecule has 7 nitrogen and oxygen atoms in total. The average Bonchev–Trinajstić information content (AvgIpc) is 3.31. The van der Waals surface area contributed by atoms with Crippen LogP contribution in [0.5, 0.6) is 11.5 Å². The van der Waals surface area contributed by atoms with Gasteiger partial charge in [0.05, 0.1) is 34.3 Å². The summed E-state index contributed by atoms with van der Waals surface area (Å²) in [5, 5.41) is 0.987. The van der Waals surface area contributed by atoms with Crippen LogP contribution in [0.2, 0.25) is 0 Å². The molecular formula is C26H31BrN4O3S. The largest absolute Gasteiger partial charge is 0.497 e. The van der Waals surface area contributed by atoms with Gasteiger partial charge in [-0.3, -0.25) is 4.79 Å². The van der Waals surface area contributed by atoms with Crippen molar-refractivity contribution in [2.45, 2.75) is 19.8 Å². The Balaban J connectivity index is 1.22. The van der Waals surface area contributed by atoms with Gasteiger partial charge in [-0.15, -0.1) is 0 Å². The molecule has 9 heteroatoms. The van der Waals surface area contributed by atoms with Crippen LogP contribution < -0.4 is 19.3 Å². The fourth-order valence-electron chi connectivity index (χ4n) is 4.92. The lowest BCUT2D eigenvalue weighted by atomic mass is 9.96. The van der Waals surface area contributed by atoms with E-state index in [-0.39, 0.29) is 11.8 Å². The number of nitrogens with zero attached hydrogens (tertiary/aromatic N) is 4. The molecule has 0 radical (unpaired) electrons. The van der Waals surface area contributed by atoms with E-state index in [0.717, 1.165) is 89.1 Å². The molecule has 2 fully saturated rings. The van der Waals surface area contributed by atoms with Crippen molar-refractivity contribution in [3.05, 3.63) is 40.9 Å². The zero-order chi connectivity index (χ0) is 24.4. The highest BCUT2D eigenvalue weighted by molar-refractivity contribution is 9.10. The molecule has 2 aliphatic heterocycles. The number of piperidine rings is 1. The maximum absolute atomic E-state index is 13.4. The summed E-state index contributed by atoms with van der Waals surface area (Å²) in [5.74, 6) is 2.00. The molecule has 0 bridgehead atoms. The van der Waals surface area contributed by atoms with Crippen LogP contribution in [-0.4, -0.2) is 68.8 Å². The van der Waals surface area contributed by atoms with Gasteiger partial charge in [-0.2, -0.15) is 0 Å². The number of aromatic nitrogens is 1. The van der Waals surface area contributed by atoms with Crippen molar-refractivity contribution in [1.29, 1.82) is 0 Å². The Kier molecular flexibility index (Phi) is 7.34. The fourth-order valence-corrected chi connectivity index (χ4v) is 6.38. The summed E-state index contributed by atoms with van der Waals surface area (Å²) in [6.07, 6.45) is 1.94. The van der Waals surface area contributed by atoms with Gasteiger partial charge in [0, 0.05) is 57.1 Å². The van der Waals surface area contributed by atoms with Crippen molar-refractivity contribution in [1.82, 2.24) is 9.88 Å². The zero-order valence-corrected chi connectivity index (χ0v) is 22.6. The van der Waals surface area contributed by atoms with E-state index in [1.807, 2.05) is 25.1 Å². The van der Waals surface area contributed by atoms with E-state index in [0.29, 0.717) is 6.61 Å². The number of halogens is 1. The number of methoxy groups -OCH3 is 1. The molecular weight excluding hydrogens is 528 g/mol. The van der Waals surface area contributed by atoms with Crippen LogP contribution in [-0.2, 0) is 4.79 Å². The van der Waals surface area contributed by atoms with Gasteiger partial charge in [-0.05, 0) is 53.9 Å². The highest BCUT2D eigenvalue weighted by Gasteiger charge is 2.32. The third-order valence-corrected chi connectivity index (χ3v) is 8.48. The van der Waals surface area contributed by atoms with Crippen molar-refractivity contribution in [3.63, 3.8) is 0 Å². The van der Waals surface area contributed by atoms with E-state index in [1.54, 1.807) is 18.4 Å². The number of piperazine rings is 1. The Hall–Kier alpha value is -2.52. The molecule has 3 aromatic rings. The van der Waals surface area contributed by atoms with Crippen LogP contribution in [0.25, 0.3) is 10.2 Å². The number of hydrogen-bond acceptors (Lipinski definition) is 7. The number of thiazole rings is 1. The maximum Gasteiger partial charge on any atom is 0.227 e. The number of benzene rings is 2. The molecule has 1 unspecified atom stereocenters. The maximum atomic E-state index is 13.4. The number of rotatable bonds is 6. The molecule has 3 heterocycles. The first-order chi connectivity index (χ1) is 17.1. The number of amides is 1. The lowest BCUT2D eigenvalue weighted by Gasteiger charge is -2.39. The van der Waals surface area contributed by atoms with E-state index in [4.69, 9.17) is 14.5 Å². The predicted molar refractivity (Wildman–Crippen MR) is 145 cm³/mol. The first-order valence-electron chi connectivity index (χ1n) is 12.2. The zero-order valence-electron chi connectivity index (χ0n) is 20.2. The van der Waals surface area contributed by atoms with E-state index in [2.05, 4.69) is 48.8 Å². The van der Waals surface area contributed by atoms with Crippen molar-refractivity contribution in [3.8, 4) is 11.5 Å². The third kappa shape index (κ3) is 5.21. The first kappa shape index (κ1) is 24.2. The molecule has 0 saturated carbocycles. The van der Waals surface area contributed by atoms with Crippen LogP contribution in [0.3, 0.4) is 0 Å². The van der Waals surface area contributed by atoms with Crippen molar-refractivity contribution >= 4 is 54.2 Å². The number of carbonyl (C=O) groups excluding carboxylic acids is 1. The molecule has 2 aromatic carbocycles. The molecule has 0 aliphatic carbocycles. The smallest absolute Gasteiger partial charge is 0.227 e. The van der Waals surface area contributed by atoms with Gasteiger partial charge in [-0.1, -0.05) is 17.4 Å². The second-order valence-electron chi connectivity index (χ2n) is 8.98. The van der Waals surface area contributed by atoms with Crippen LogP contribution in [0.4, 0.5) is 10.8 Å². The third-order valence-electron chi connectivity index (χ3n) is 6.78. The number of hydrogen-bond donors (Lipinski definition) is 0. The second-order valence-corrected chi connectivity index (χ2v) is 10.8. The molecule has 0 spiro atoms. The molecule has 0 N–H and O–H groups in total. The van der Waals surface area contributed by atoms with Gasteiger partial charge in [0.2, 0.25) is 5.91 Å². The summed E-state index contributed by atoms with van der Waals surface area (Å²) >= 11 is 5.26. The minimum absolute atomic E-state index is 0.0184. The summed E-state index contributed by atoms with van der Waals surface area (Å²) in [6.45, 7) is 7.46. The standard InChI is InChI=1S/C26H31BrN4O3S/c1-3-34-23-16-24-22(15-21(23)27)28-26(35-24)31-9-5-6-18(17-31)25(32)30-12-10-29(11-13-30)19-7-4-8-20(14-19)33-2/h4,7-8,14-16,18H,3,5-6,9-13,17H2,1-2H3. The molecule has 1 aromatic heterocycles. The van der Waals surface area contributed by atoms with Crippen LogP contribution in [0, 0.1) is 5.92 Å². The van der Waals surface area contributed by atoms with Crippen molar-refractivity contribution in [2.24, 2.45) is 5.92 Å². The number of fused-ring (bicyclic) bond motifs is 1. The lowest BCUT2D eigenvalue weighted by molar-refractivity contribution is -0.136. The van der Waals surface area contributed by atoms with Crippen LogP contribution in [0.15, 0.2) is 40.9 Å². The number of carbonyl (C=O) groups is 1. The van der Waals surface area contributed by atoms with E-state index >= 15 is 0 Å². The highest BCUT2D eigenvalue weighted by Crippen LogP contribution is 2.37. The average molecular weight is 560 g/mol. The second kappa shape index (κ2) is 10.6. The van der Waals surface area contributed by atoms with Gasteiger partial charge < -0.3 is 24.2 Å². The Morgan fingerprint density at radius 3 is 2.74 bits per heavy atom. The monoisotopic (exact) mass is 558 g/mol. The van der Waals surface area contributed by atoms with Crippen molar-refractivity contribution in [2.75, 3.05) is 62.8 Å². The van der Waals surface area contributed by atoms with E-state index in [1.165, 1.54) is 0 Å². The summed E-state index contributed by atoms with van der Waals surface area (Å²) in [5.41, 5.74) is 2.11. The van der Waals surface area contributed by atoms with Gasteiger partial charge in [-0.25, -0.2) is 4.98 Å². The number of anilines is 2. The molecule has 1 atom stereocenters. The number of ether oxygens (including phenoxy) is 2. The minimum Gasteiger partial charge on any atom is -0.497 e. The van der Waals surface area contributed by atoms with Crippen LogP contribution in [0.1, 0.15) is 19.8 Å². The Labute approximate surface area is 218 Å². The molecule has 2 saturated heterocycles. The quantitative estimate of drug-likeness (QED) is 0.423. The van der Waals surface area contributed by atoms with Gasteiger partial charge in [0.15, 0.2) is 5.13 Å². The Morgan fingerprint density at radius 2 is 1.97 bits per heavy atom. The predicted octanol–water partition coefficient (Wildman–Crippen LogP) is 5.03. The Bertz CT molecular complexity index is 1190. The minimum atomic E-state index is 0.0184. The van der Waals surface area contributed by atoms with E-state index < -0.39 is 0 Å². The Morgan fingerprint density at radius 1 is 1.14 bits per heavy atom. The summed E-state index contributed by atoms with van der Waals surface area (Å²) < 4.78 is 13.1. The molecule has 2 aliphatic rings. The van der Waals surface area contributed by atoms with Crippen molar-refractivity contribution < 1.29 is 14.3 Å². The lowest BCUT2D eigenvalue weighted by Crippen LogP contribution is -2.52. The summed E-state index contributed by atoms with van der Waals surface area (Å²) in [6, 6.07) is 12.2. The SMILES string of the molecule is CCOc1cc2sc(N3CCCC(C(=O)N4CCN(c5cccc(OC)c5)CC4)C3)nc2cc1Br. The normalized spacial score (nSPS) is 18.7. The fraction of sp³-hybridized carbons (Fsp3) is 0.462. The summed E-state index contributed by atoms with van der Waals surface area (Å²) in [7, 11) is 1.69. The van der Waals surface area contributed by atoms with Crippen LogP contribution >= 0.6 is 27.3 Å². The molecule has 186 valence electrons. The van der Waals surface area contributed by atoms with Gasteiger partial charge in [0.25, 0.3) is 0 Å². The topological polar surface area (TPSA) is 58.1 Å². The van der Waals surface area contributed by atoms with Gasteiger partial charge >= 0.3 is 0 Å². The molecule has 1 amide bonds. The van der Waals surface area contributed by atoms with Gasteiger partial charge in [0.1, 0.15) is 11.5 Å².